The van der Waals surface area contributed by atoms with Crippen molar-refractivity contribution in [1.29, 1.82) is 0 Å². The van der Waals surface area contributed by atoms with E-state index in [0.29, 0.717) is 11.3 Å². The summed E-state index contributed by atoms with van der Waals surface area (Å²) in [4.78, 5) is 12.6. The Kier molecular flexibility index (Phi) is 3.22. The van der Waals surface area contributed by atoms with Gasteiger partial charge in [0.1, 0.15) is 5.58 Å². The minimum Gasteiger partial charge on any atom is -0.452 e. The van der Waals surface area contributed by atoms with Crippen molar-refractivity contribution in [2.24, 2.45) is 0 Å². The summed E-state index contributed by atoms with van der Waals surface area (Å²) in [5, 5.41) is 1.00. The molecular weight excluding hydrogens is 316 g/mol. The number of benzene rings is 2. The number of rotatable bonds is 2. The summed E-state index contributed by atoms with van der Waals surface area (Å²) < 4.78 is 6.53. The molecule has 0 saturated carbocycles. The average Bonchev–Trinajstić information content (AvgIpc) is 2.76. The number of ketones is 1. The molecule has 1 heterocycles. The van der Waals surface area contributed by atoms with Crippen LogP contribution in [0, 0.1) is 13.8 Å². The fraction of sp³-hybridized carbons (Fsp3) is 0.118. The van der Waals surface area contributed by atoms with Gasteiger partial charge in [-0.05, 0) is 38.1 Å². The third-order valence-corrected chi connectivity index (χ3v) is 4.11. The van der Waals surface area contributed by atoms with Crippen LogP contribution in [0.3, 0.4) is 0 Å². The molecule has 2 aromatic carbocycles. The number of halogens is 1. The lowest BCUT2D eigenvalue weighted by Gasteiger charge is -2.01. The number of aryl methyl sites for hydroxylation is 2. The molecule has 0 aliphatic rings. The van der Waals surface area contributed by atoms with E-state index in [1.807, 2.05) is 50.2 Å². The van der Waals surface area contributed by atoms with Crippen LogP contribution in [-0.4, -0.2) is 5.78 Å². The standard InChI is InChI=1S/C17H13BrO2/c1-10-7-8-15-13(9-10)11(2)17(20-15)16(19)12-5-3-4-6-14(12)18/h3-9H,1-2H3. The van der Waals surface area contributed by atoms with E-state index < -0.39 is 0 Å². The highest BCUT2D eigenvalue weighted by Gasteiger charge is 2.20. The van der Waals surface area contributed by atoms with Gasteiger partial charge in [-0.3, -0.25) is 4.79 Å². The van der Waals surface area contributed by atoms with Crippen LogP contribution in [-0.2, 0) is 0 Å². The average molecular weight is 329 g/mol. The van der Waals surface area contributed by atoms with Crippen LogP contribution < -0.4 is 0 Å². The van der Waals surface area contributed by atoms with Gasteiger partial charge in [-0.1, -0.05) is 39.7 Å². The molecule has 100 valence electrons. The summed E-state index contributed by atoms with van der Waals surface area (Å²) >= 11 is 3.41. The molecule has 2 nitrogen and oxygen atoms in total. The number of fused-ring (bicyclic) bond motifs is 1. The molecule has 0 N–H and O–H groups in total. The minimum absolute atomic E-state index is 0.0937. The summed E-state index contributed by atoms with van der Waals surface area (Å²) in [6.45, 7) is 3.95. The van der Waals surface area contributed by atoms with Crippen molar-refractivity contribution in [3.63, 3.8) is 0 Å². The van der Waals surface area contributed by atoms with Crippen LogP contribution in [0.4, 0.5) is 0 Å². The van der Waals surface area contributed by atoms with Crippen LogP contribution in [0.15, 0.2) is 51.4 Å². The lowest BCUT2D eigenvalue weighted by Crippen LogP contribution is -2.02. The van der Waals surface area contributed by atoms with Crippen molar-refractivity contribution in [2.75, 3.05) is 0 Å². The van der Waals surface area contributed by atoms with Crippen LogP contribution >= 0.6 is 15.9 Å². The third-order valence-electron chi connectivity index (χ3n) is 3.42. The van der Waals surface area contributed by atoms with Gasteiger partial charge in [0, 0.05) is 21.0 Å². The van der Waals surface area contributed by atoms with Gasteiger partial charge in [-0.2, -0.15) is 0 Å². The third kappa shape index (κ3) is 2.08. The van der Waals surface area contributed by atoms with Gasteiger partial charge in [0.05, 0.1) is 0 Å². The molecular formula is C17H13BrO2. The molecule has 0 radical (unpaired) electrons. The lowest BCUT2D eigenvalue weighted by molar-refractivity contribution is 0.101. The Morgan fingerprint density at radius 3 is 2.60 bits per heavy atom. The zero-order chi connectivity index (χ0) is 14.3. The van der Waals surface area contributed by atoms with Crippen LogP contribution in [0.2, 0.25) is 0 Å². The molecule has 0 atom stereocenters. The molecule has 0 aliphatic carbocycles. The van der Waals surface area contributed by atoms with E-state index in [4.69, 9.17) is 4.42 Å². The van der Waals surface area contributed by atoms with Crippen LogP contribution in [0.5, 0.6) is 0 Å². The van der Waals surface area contributed by atoms with Crippen molar-refractivity contribution in [3.05, 3.63) is 69.4 Å². The van der Waals surface area contributed by atoms with Crippen molar-refractivity contribution >= 4 is 32.7 Å². The zero-order valence-electron chi connectivity index (χ0n) is 11.2. The van der Waals surface area contributed by atoms with E-state index in [9.17, 15) is 4.79 Å². The van der Waals surface area contributed by atoms with Gasteiger partial charge in [0.15, 0.2) is 5.76 Å². The Morgan fingerprint density at radius 2 is 1.85 bits per heavy atom. The minimum atomic E-state index is -0.0937. The van der Waals surface area contributed by atoms with Gasteiger partial charge < -0.3 is 4.42 Å². The molecule has 0 aliphatic heterocycles. The number of carbonyl (C=O) groups excluding carboxylic acids is 1. The molecule has 0 unspecified atom stereocenters. The van der Waals surface area contributed by atoms with Gasteiger partial charge in [-0.15, -0.1) is 0 Å². The molecule has 0 fully saturated rings. The molecule has 20 heavy (non-hydrogen) atoms. The van der Waals surface area contributed by atoms with E-state index in [2.05, 4.69) is 15.9 Å². The summed E-state index contributed by atoms with van der Waals surface area (Å²) in [5.74, 6) is 0.321. The van der Waals surface area contributed by atoms with Gasteiger partial charge in [0.2, 0.25) is 5.78 Å². The van der Waals surface area contributed by atoms with E-state index in [1.54, 1.807) is 6.07 Å². The molecule has 3 rings (SSSR count). The Labute approximate surface area is 125 Å². The number of carbonyl (C=O) groups is 1. The van der Waals surface area contributed by atoms with E-state index >= 15 is 0 Å². The normalized spacial score (nSPS) is 10.9. The first-order valence-electron chi connectivity index (χ1n) is 6.37. The van der Waals surface area contributed by atoms with Gasteiger partial charge in [0.25, 0.3) is 0 Å². The predicted molar refractivity (Wildman–Crippen MR) is 83.3 cm³/mol. The number of furan rings is 1. The Morgan fingerprint density at radius 1 is 1.10 bits per heavy atom. The molecule has 0 spiro atoms. The number of hydrogen-bond donors (Lipinski definition) is 0. The number of hydrogen-bond acceptors (Lipinski definition) is 2. The summed E-state index contributed by atoms with van der Waals surface area (Å²) in [6.07, 6.45) is 0. The first-order valence-corrected chi connectivity index (χ1v) is 7.16. The summed E-state index contributed by atoms with van der Waals surface area (Å²) in [6, 6.07) is 13.3. The maximum atomic E-state index is 12.6. The Bertz CT molecular complexity index is 815. The second-order valence-electron chi connectivity index (χ2n) is 4.86. The second-order valence-corrected chi connectivity index (χ2v) is 5.72. The predicted octanol–water partition coefficient (Wildman–Crippen LogP) is 5.04. The Balaban J connectivity index is 2.18. The maximum Gasteiger partial charge on any atom is 0.229 e. The van der Waals surface area contributed by atoms with E-state index in [-0.39, 0.29) is 5.78 Å². The van der Waals surface area contributed by atoms with Crippen LogP contribution in [0.25, 0.3) is 11.0 Å². The van der Waals surface area contributed by atoms with Crippen molar-refractivity contribution in [1.82, 2.24) is 0 Å². The summed E-state index contributed by atoms with van der Waals surface area (Å²) in [5.41, 5.74) is 3.42. The monoisotopic (exact) mass is 328 g/mol. The molecule has 0 saturated heterocycles. The van der Waals surface area contributed by atoms with Gasteiger partial charge >= 0.3 is 0 Å². The highest BCUT2D eigenvalue weighted by atomic mass is 79.9. The summed E-state index contributed by atoms with van der Waals surface area (Å²) in [7, 11) is 0. The quantitative estimate of drug-likeness (QED) is 0.616. The highest BCUT2D eigenvalue weighted by molar-refractivity contribution is 9.10. The van der Waals surface area contributed by atoms with Crippen LogP contribution in [0.1, 0.15) is 27.2 Å². The van der Waals surface area contributed by atoms with Crippen molar-refractivity contribution in [3.8, 4) is 0 Å². The fourth-order valence-corrected chi connectivity index (χ4v) is 2.78. The second kappa shape index (κ2) is 4.91. The first-order chi connectivity index (χ1) is 9.58. The SMILES string of the molecule is Cc1ccc2oc(C(=O)c3ccccc3Br)c(C)c2c1. The largest absolute Gasteiger partial charge is 0.452 e. The fourth-order valence-electron chi connectivity index (χ4n) is 2.32. The van der Waals surface area contributed by atoms with E-state index in [1.165, 1.54) is 0 Å². The van der Waals surface area contributed by atoms with Crippen molar-refractivity contribution in [2.45, 2.75) is 13.8 Å². The highest BCUT2D eigenvalue weighted by Crippen LogP contribution is 2.29. The molecule has 0 bridgehead atoms. The topological polar surface area (TPSA) is 30.2 Å². The first kappa shape index (κ1) is 13.1. The zero-order valence-corrected chi connectivity index (χ0v) is 12.8. The maximum absolute atomic E-state index is 12.6. The molecule has 1 aromatic heterocycles. The smallest absolute Gasteiger partial charge is 0.229 e. The molecule has 3 aromatic rings. The molecule has 3 heteroatoms. The molecule has 0 amide bonds. The Hall–Kier alpha value is -1.87. The van der Waals surface area contributed by atoms with Crippen molar-refractivity contribution < 1.29 is 9.21 Å². The van der Waals surface area contributed by atoms with E-state index in [0.717, 1.165) is 26.6 Å². The lowest BCUT2D eigenvalue weighted by atomic mass is 10.0. The van der Waals surface area contributed by atoms with Gasteiger partial charge in [-0.25, -0.2) is 0 Å².